The number of aliphatic hydroxyl groups excluding tert-OH is 1. The Bertz CT molecular complexity index is 1370. The van der Waals surface area contributed by atoms with E-state index in [1.54, 1.807) is 6.92 Å². The van der Waals surface area contributed by atoms with Crippen molar-refractivity contribution >= 4 is 10.9 Å². The molecule has 1 aromatic carbocycles. The monoisotopic (exact) mass is 460 g/mol. The maximum Gasteiger partial charge on any atom is 0.573 e. The lowest BCUT2D eigenvalue weighted by Crippen LogP contribution is -2.25. The maximum absolute atomic E-state index is 13.8. The predicted octanol–water partition coefficient (Wildman–Crippen LogP) is 4.11. The van der Waals surface area contributed by atoms with Crippen LogP contribution >= 0.6 is 0 Å². The number of rotatable bonds is 5. The maximum atomic E-state index is 13.8. The standard InChI is InChI=1S/C22H16F4N4O3/c1-12(10-31)30-11-28-20-17(21(30)32)7-18(29-19(20)14-6-15(23)9-27-8-14)13-2-4-16(5-3-13)33-22(24,25)26/h2-9,11-12,31H,10H2,1H3. The van der Waals surface area contributed by atoms with Gasteiger partial charge < -0.3 is 9.84 Å². The highest BCUT2D eigenvalue weighted by Gasteiger charge is 2.31. The molecule has 0 aliphatic rings. The molecular weight excluding hydrogens is 444 g/mol. The second-order valence-corrected chi connectivity index (χ2v) is 7.20. The lowest BCUT2D eigenvalue weighted by atomic mass is 10.1. The van der Waals surface area contributed by atoms with Crippen LogP contribution in [0.25, 0.3) is 33.4 Å². The van der Waals surface area contributed by atoms with Crippen LogP contribution in [-0.4, -0.2) is 37.6 Å². The third-order valence-corrected chi connectivity index (χ3v) is 4.87. The van der Waals surface area contributed by atoms with E-state index < -0.39 is 29.5 Å². The fourth-order valence-electron chi connectivity index (χ4n) is 3.26. The van der Waals surface area contributed by atoms with Crippen LogP contribution < -0.4 is 10.3 Å². The van der Waals surface area contributed by atoms with Crippen molar-refractivity contribution in [1.29, 1.82) is 0 Å². The van der Waals surface area contributed by atoms with Gasteiger partial charge in [0.25, 0.3) is 5.56 Å². The summed E-state index contributed by atoms with van der Waals surface area (Å²) in [5.74, 6) is -1.04. The topological polar surface area (TPSA) is 90.1 Å². The summed E-state index contributed by atoms with van der Waals surface area (Å²) in [6.07, 6.45) is -1.19. The highest BCUT2D eigenvalue weighted by molar-refractivity contribution is 5.93. The van der Waals surface area contributed by atoms with Crippen molar-refractivity contribution < 1.29 is 27.4 Å². The summed E-state index contributed by atoms with van der Waals surface area (Å²) >= 11 is 0. The van der Waals surface area contributed by atoms with Gasteiger partial charge in [0.2, 0.25) is 0 Å². The number of hydrogen-bond acceptors (Lipinski definition) is 6. The minimum Gasteiger partial charge on any atom is -0.406 e. The molecule has 0 saturated carbocycles. The third-order valence-electron chi connectivity index (χ3n) is 4.87. The summed E-state index contributed by atoms with van der Waals surface area (Å²) in [6.45, 7) is 1.33. The molecule has 4 aromatic rings. The lowest BCUT2D eigenvalue weighted by molar-refractivity contribution is -0.274. The van der Waals surface area contributed by atoms with Gasteiger partial charge in [0.05, 0.1) is 41.9 Å². The van der Waals surface area contributed by atoms with Gasteiger partial charge in [0.15, 0.2) is 0 Å². The van der Waals surface area contributed by atoms with Gasteiger partial charge in [-0.3, -0.25) is 14.3 Å². The van der Waals surface area contributed by atoms with Gasteiger partial charge in [-0.15, -0.1) is 13.2 Å². The summed E-state index contributed by atoms with van der Waals surface area (Å²) in [4.78, 5) is 25.7. The van der Waals surface area contributed by atoms with E-state index in [9.17, 15) is 27.5 Å². The molecule has 0 saturated heterocycles. The first-order chi connectivity index (χ1) is 15.7. The first-order valence-electron chi connectivity index (χ1n) is 9.66. The molecule has 1 N–H and O–H groups in total. The van der Waals surface area contributed by atoms with Gasteiger partial charge in [-0.1, -0.05) is 0 Å². The Morgan fingerprint density at radius 1 is 1.12 bits per heavy atom. The summed E-state index contributed by atoms with van der Waals surface area (Å²) in [5, 5.41) is 9.58. The van der Waals surface area contributed by atoms with Crippen molar-refractivity contribution in [1.82, 2.24) is 19.5 Å². The number of nitrogens with zero attached hydrogens (tertiary/aromatic N) is 4. The highest BCUT2D eigenvalue weighted by atomic mass is 19.4. The zero-order valence-electron chi connectivity index (χ0n) is 17.0. The molecule has 11 heteroatoms. The molecule has 3 aromatic heterocycles. The molecule has 0 aliphatic heterocycles. The molecule has 4 rings (SSSR count). The van der Waals surface area contributed by atoms with E-state index in [1.165, 1.54) is 41.4 Å². The average Bonchev–Trinajstić information content (AvgIpc) is 2.78. The number of halogens is 4. The molecule has 1 unspecified atom stereocenters. The number of pyridine rings is 2. The van der Waals surface area contributed by atoms with E-state index in [0.29, 0.717) is 5.56 Å². The smallest absolute Gasteiger partial charge is 0.406 e. The van der Waals surface area contributed by atoms with Gasteiger partial charge >= 0.3 is 6.36 Å². The Labute approximate surface area is 184 Å². The number of benzene rings is 1. The molecule has 3 heterocycles. The molecule has 33 heavy (non-hydrogen) atoms. The Morgan fingerprint density at radius 2 is 1.85 bits per heavy atom. The Kier molecular flexibility index (Phi) is 5.81. The zero-order valence-corrected chi connectivity index (χ0v) is 17.0. The van der Waals surface area contributed by atoms with Crippen LogP contribution in [-0.2, 0) is 0 Å². The summed E-state index contributed by atoms with van der Waals surface area (Å²) in [7, 11) is 0. The van der Waals surface area contributed by atoms with Crippen LogP contribution in [0.3, 0.4) is 0 Å². The van der Waals surface area contributed by atoms with Gasteiger partial charge in [-0.05, 0) is 43.3 Å². The molecule has 0 amide bonds. The minimum absolute atomic E-state index is 0.137. The number of aliphatic hydroxyl groups is 1. The van der Waals surface area contributed by atoms with E-state index in [4.69, 9.17) is 0 Å². The van der Waals surface area contributed by atoms with Crippen molar-refractivity contribution in [2.75, 3.05) is 6.61 Å². The van der Waals surface area contributed by atoms with Crippen molar-refractivity contribution in [2.45, 2.75) is 19.3 Å². The van der Waals surface area contributed by atoms with Crippen LogP contribution in [0.5, 0.6) is 5.75 Å². The molecule has 0 spiro atoms. The van der Waals surface area contributed by atoms with Crippen LogP contribution in [0.2, 0.25) is 0 Å². The van der Waals surface area contributed by atoms with Gasteiger partial charge in [0, 0.05) is 17.3 Å². The zero-order chi connectivity index (χ0) is 23.8. The molecule has 1 atom stereocenters. The van der Waals surface area contributed by atoms with E-state index >= 15 is 0 Å². The molecular formula is C22H16F4N4O3. The molecule has 0 aliphatic carbocycles. The molecule has 7 nitrogen and oxygen atoms in total. The molecule has 0 bridgehead atoms. The largest absolute Gasteiger partial charge is 0.573 e. The van der Waals surface area contributed by atoms with E-state index in [1.807, 2.05) is 0 Å². The van der Waals surface area contributed by atoms with Crippen molar-refractivity contribution in [3.8, 4) is 28.3 Å². The lowest BCUT2D eigenvalue weighted by Gasteiger charge is -2.15. The second-order valence-electron chi connectivity index (χ2n) is 7.20. The average molecular weight is 460 g/mol. The highest BCUT2D eigenvalue weighted by Crippen LogP contribution is 2.30. The molecule has 0 radical (unpaired) electrons. The van der Waals surface area contributed by atoms with Crippen molar-refractivity contribution in [2.24, 2.45) is 0 Å². The minimum atomic E-state index is -4.83. The van der Waals surface area contributed by atoms with Crippen molar-refractivity contribution in [3.05, 3.63) is 71.3 Å². The van der Waals surface area contributed by atoms with Crippen molar-refractivity contribution in [3.63, 3.8) is 0 Å². The van der Waals surface area contributed by atoms with E-state index in [2.05, 4.69) is 19.7 Å². The van der Waals surface area contributed by atoms with Crippen LogP contribution in [0, 0.1) is 5.82 Å². The first kappa shape index (κ1) is 22.3. The number of aromatic nitrogens is 4. The summed E-state index contributed by atoms with van der Waals surface area (Å²) < 4.78 is 56.3. The molecule has 0 fully saturated rings. The van der Waals surface area contributed by atoms with E-state index in [0.717, 1.165) is 18.3 Å². The summed E-state index contributed by atoms with van der Waals surface area (Å²) in [6, 6.07) is 7.02. The predicted molar refractivity (Wildman–Crippen MR) is 111 cm³/mol. The van der Waals surface area contributed by atoms with E-state index in [-0.39, 0.29) is 34.5 Å². The fraction of sp³-hybridized carbons (Fsp3) is 0.182. The second kappa shape index (κ2) is 8.58. The normalized spacial score (nSPS) is 12.7. The van der Waals surface area contributed by atoms with Crippen LogP contribution in [0.15, 0.2) is 59.9 Å². The van der Waals surface area contributed by atoms with Gasteiger partial charge in [-0.2, -0.15) is 0 Å². The van der Waals surface area contributed by atoms with Crippen LogP contribution in [0.1, 0.15) is 13.0 Å². The number of fused-ring (bicyclic) bond motifs is 1. The molecule has 170 valence electrons. The summed E-state index contributed by atoms with van der Waals surface area (Å²) in [5.41, 5.74) is 0.794. The number of ether oxygens (including phenoxy) is 1. The Morgan fingerprint density at radius 3 is 2.48 bits per heavy atom. The first-order valence-corrected chi connectivity index (χ1v) is 9.66. The van der Waals surface area contributed by atoms with Gasteiger partial charge in [0.1, 0.15) is 17.1 Å². The number of alkyl halides is 3. The SMILES string of the molecule is CC(CO)n1cnc2c(-c3cncc(F)c3)nc(-c3ccc(OC(F)(F)F)cc3)cc2c1=O. The van der Waals surface area contributed by atoms with Gasteiger partial charge in [-0.25, -0.2) is 14.4 Å². The fourth-order valence-corrected chi connectivity index (χ4v) is 3.26. The third kappa shape index (κ3) is 4.67. The Hall–Kier alpha value is -3.86. The van der Waals surface area contributed by atoms with Crippen LogP contribution in [0.4, 0.5) is 17.6 Å². The Balaban J connectivity index is 1.93. The quantitative estimate of drug-likeness (QED) is 0.451. The number of hydrogen-bond donors (Lipinski definition) is 1.